The first-order chi connectivity index (χ1) is 9.80. The smallest absolute Gasteiger partial charge is 0.325 e. The molecule has 0 radical (unpaired) electrons. The zero-order valence-electron chi connectivity index (χ0n) is 12.6. The number of methoxy groups -OCH3 is 1. The number of hydrogen-bond acceptors (Lipinski definition) is 8. The minimum atomic E-state index is -1.28. The van der Waals surface area contributed by atoms with Gasteiger partial charge in [0.25, 0.3) is 0 Å². The van der Waals surface area contributed by atoms with E-state index in [1.807, 2.05) is 0 Å². The quantitative estimate of drug-likeness (QED) is 0.631. The monoisotopic (exact) mass is 305 g/mol. The van der Waals surface area contributed by atoms with E-state index in [1.54, 1.807) is 20.8 Å². The Bertz CT molecular complexity index is 389. The third-order valence-corrected chi connectivity index (χ3v) is 3.54. The van der Waals surface area contributed by atoms with Gasteiger partial charge in [0.2, 0.25) is 0 Å². The molecule has 0 aromatic carbocycles. The zero-order valence-corrected chi connectivity index (χ0v) is 12.6. The van der Waals surface area contributed by atoms with Crippen LogP contribution >= 0.6 is 0 Å². The second-order valence-electron chi connectivity index (χ2n) is 5.54. The summed E-state index contributed by atoms with van der Waals surface area (Å²) in [6.07, 6.45) is -3.86. The largest absolute Gasteiger partial charge is 0.465 e. The molecule has 6 unspecified atom stereocenters. The Balaban J connectivity index is 2.10. The average molecular weight is 305 g/mol. The molecule has 2 aliphatic rings. The number of ether oxygens (including phenoxy) is 5. The van der Waals surface area contributed by atoms with E-state index in [2.05, 4.69) is 0 Å². The third-order valence-electron chi connectivity index (χ3n) is 3.54. The van der Waals surface area contributed by atoms with Crippen LogP contribution in [0.2, 0.25) is 0 Å². The van der Waals surface area contributed by atoms with Gasteiger partial charge in [-0.05, 0) is 20.8 Å². The summed E-state index contributed by atoms with van der Waals surface area (Å²) in [6, 6.07) is -1.22. The first-order valence-corrected chi connectivity index (χ1v) is 6.95. The molecule has 0 spiro atoms. The molecule has 0 saturated carbocycles. The zero-order chi connectivity index (χ0) is 15.8. The highest BCUT2D eigenvalue weighted by Crippen LogP contribution is 2.40. The fraction of sp³-hybridized carbons (Fsp3) is 0.923. The normalized spacial score (nSPS) is 37.0. The molecular formula is C13H23NO7. The van der Waals surface area contributed by atoms with Crippen molar-refractivity contribution < 1.29 is 33.6 Å². The molecule has 8 nitrogen and oxygen atoms in total. The van der Waals surface area contributed by atoms with Gasteiger partial charge in [-0.25, -0.2) is 0 Å². The molecule has 0 bridgehead atoms. The summed E-state index contributed by atoms with van der Waals surface area (Å²) >= 11 is 0. The predicted molar refractivity (Wildman–Crippen MR) is 70.1 cm³/mol. The van der Waals surface area contributed by atoms with Gasteiger partial charge in [0, 0.05) is 7.11 Å². The average Bonchev–Trinajstić information content (AvgIpc) is 2.90. The van der Waals surface area contributed by atoms with E-state index in [0.29, 0.717) is 0 Å². The highest BCUT2D eigenvalue weighted by molar-refractivity contribution is 5.76. The topological polar surface area (TPSA) is 109 Å². The molecule has 3 N–H and O–H groups in total. The Morgan fingerprint density at radius 3 is 2.57 bits per heavy atom. The molecule has 0 aromatic rings. The lowest BCUT2D eigenvalue weighted by Gasteiger charge is -2.28. The van der Waals surface area contributed by atoms with Crippen molar-refractivity contribution in [2.45, 2.75) is 63.3 Å². The number of carbonyl (C=O) groups is 1. The number of aliphatic hydroxyl groups is 1. The van der Waals surface area contributed by atoms with Crippen LogP contribution in [-0.4, -0.2) is 67.3 Å². The lowest BCUT2D eigenvalue weighted by molar-refractivity contribution is -0.238. The van der Waals surface area contributed by atoms with Crippen molar-refractivity contribution >= 4 is 5.97 Å². The number of esters is 1. The molecule has 0 amide bonds. The Kier molecular flexibility index (Phi) is 4.86. The van der Waals surface area contributed by atoms with Gasteiger partial charge in [-0.1, -0.05) is 0 Å². The van der Waals surface area contributed by atoms with E-state index in [-0.39, 0.29) is 6.61 Å². The Hall–Kier alpha value is -0.770. The van der Waals surface area contributed by atoms with Crippen LogP contribution in [0.25, 0.3) is 0 Å². The predicted octanol–water partition coefficient (Wildman–Crippen LogP) is -0.871. The summed E-state index contributed by atoms with van der Waals surface area (Å²) in [6.45, 7) is 5.36. The second kappa shape index (κ2) is 6.15. The van der Waals surface area contributed by atoms with Gasteiger partial charge >= 0.3 is 5.97 Å². The molecule has 21 heavy (non-hydrogen) atoms. The highest BCUT2D eigenvalue weighted by Gasteiger charge is 2.58. The van der Waals surface area contributed by atoms with Gasteiger partial charge in [0.15, 0.2) is 12.1 Å². The maximum absolute atomic E-state index is 11.6. The SMILES string of the molecule is CCOC(=O)C(N)C(O)C1OC(OC)C2OC(C)(C)OC21. The van der Waals surface area contributed by atoms with Crippen molar-refractivity contribution in [3.8, 4) is 0 Å². The summed E-state index contributed by atoms with van der Waals surface area (Å²) in [7, 11) is 1.47. The van der Waals surface area contributed by atoms with Crippen LogP contribution in [-0.2, 0) is 28.5 Å². The maximum atomic E-state index is 11.6. The Labute approximate surface area is 123 Å². The van der Waals surface area contributed by atoms with Crippen LogP contribution in [0.15, 0.2) is 0 Å². The molecule has 8 heteroatoms. The van der Waals surface area contributed by atoms with Crippen molar-refractivity contribution in [3.63, 3.8) is 0 Å². The Morgan fingerprint density at radius 1 is 1.38 bits per heavy atom. The first-order valence-electron chi connectivity index (χ1n) is 6.95. The molecule has 2 fully saturated rings. The molecule has 0 aromatic heterocycles. The summed E-state index contributed by atoms with van der Waals surface area (Å²) in [5.41, 5.74) is 5.72. The minimum Gasteiger partial charge on any atom is -0.465 e. The van der Waals surface area contributed by atoms with Crippen molar-refractivity contribution in [1.29, 1.82) is 0 Å². The molecular weight excluding hydrogens is 282 g/mol. The molecule has 2 saturated heterocycles. The number of carbonyl (C=O) groups excluding carboxylic acids is 1. The molecule has 122 valence electrons. The molecule has 6 atom stereocenters. The second-order valence-corrected chi connectivity index (χ2v) is 5.54. The number of fused-ring (bicyclic) bond motifs is 1. The number of nitrogens with two attached hydrogens (primary N) is 1. The van der Waals surface area contributed by atoms with E-state index in [9.17, 15) is 9.90 Å². The first kappa shape index (κ1) is 16.6. The van der Waals surface area contributed by atoms with Crippen LogP contribution in [0, 0.1) is 0 Å². The fourth-order valence-corrected chi connectivity index (χ4v) is 2.64. The molecule has 2 rings (SSSR count). The summed E-state index contributed by atoms with van der Waals surface area (Å²) in [5, 5.41) is 10.3. The van der Waals surface area contributed by atoms with Crippen LogP contribution < -0.4 is 5.73 Å². The van der Waals surface area contributed by atoms with Crippen LogP contribution in [0.1, 0.15) is 20.8 Å². The summed E-state index contributed by atoms with van der Waals surface area (Å²) < 4.78 is 27.0. The number of aliphatic hydroxyl groups excluding tert-OH is 1. The van der Waals surface area contributed by atoms with Crippen molar-refractivity contribution in [2.24, 2.45) is 5.73 Å². The summed E-state index contributed by atoms with van der Waals surface area (Å²) in [4.78, 5) is 11.6. The van der Waals surface area contributed by atoms with Gasteiger partial charge in [-0.3, -0.25) is 4.79 Å². The Morgan fingerprint density at radius 2 is 2.00 bits per heavy atom. The van der Waals surface area contributed by atoms with E-state index < -0.39 is 48.5 Å². The lowest BCUT2D eigenvalue weighted by Crippen LogP contribution is -2.52. The van der Waals surface area contributed by atoms with Gasteiger partial charge in [-0.2, -0.15) is 0 Å². The third kappa shape index (κ3) is 3.20. The molecule has 0 aliphatic carbocycles. The van der Waals surface area contributed by atoms with E-state index in [0.717, 1.165) is 0 Å². The molecule has 2 heterocycles. The van der Waals surface area contributed by atoms with Gasteiger partial charge in [0.1, 0.15) is 30.5 Å². The van der Waals surface area contributed by atoms with Crippen molar-refractivity contribution in [2.75, 3.05) is 13.7 Å². The van der Waals surface area contributed by atoms with Crippen LogP contribution in [0.4, 0.5) is 0 Å². The highest BCUT2D eigenvalue weighted by atomic mass is 16.8. The minimum absolute atomic E-state index is 0.185. The standard InChI is InChI=1S/C13H23NO7/c1-5-18-11(16)6(14)7(15)8-9-10(12(17-4)19-8)21-13(2,3)20-9/h6-10,12,15H,5,14H2,1-4H3. The maximum Gasteiger partial charge on any atom is 0.325 e. The van der Waals surface area contributed by atoms with E-state index in [1.165, 1.54) is 7.11 Å². The number of hydrogen-bond donors (Lipinski definition) is 2. The van der Waals surface area contributed by atoms with Gasteiger partial charge < -0.3 is 34.5 Å². The van der Waals surface area contributed by atoms with Gasteiger partial charge in [0.05, 0.1) is 6.61 Å². The van der Waals surface area contributed by atoms with Crippen molar-refractivity contribution in [1.82, 2.24) is 0 Å². The number of rotatable bonds is 5. The van der Waals surface area contributed by atoms with Crippen molar-refractivity contribution in [3.05, 3.63) is 0 Å². The van der Waals surface area contributed by atoms with E-state index in [4.69, 9.17) is 29.4 Å². The van der Waals surface area contributed by atoms with Crippen LogP contribution in [0.5, 0.6) is 0 Å². The van der Waals surface area contributed by atoms with Gasteiger partial charge in [-0.15, -0.1) is 0 Å². The van der Waals surface area contributed by atoms with E-state index >= 15 is 0 Å². The fourth-order valence-electron chi connectivity index (χ4n) is 2.64. The lowest BCUT2D eigenvalue weighted by atomic mass is 10.0. The molecule has 2 aliphatic heterocycles. The van der Waals surface area contributed by atoms with Crippen LogP contribution in [0.3, 0.4) is 0 Å². The summed E-state index contributed by atoms with van der Waals surface area (Å²) in [5.74, 6) is -1.51.